The number of phosphoric acid groups is 1. The highest BCUT2D eigenvalue weighted by Crippen LogP contribution is 2.43. The van der Waals surface area contributed by atoms with Gasteiger partial charge in [-0.2, -0.15) is 0 Å². The van der Waals surface area contributed by atoms with Crippen molar-refractivity contribution in [1.82, 2.24) is 0 Å². The van der Waals surface area contributed by atoms with E-state index in [9.17, 15) is 23.8 Å². The molecule has 0 saturated heterocycles. The summed E-state index contributed by atoms with van der Waals surface area (Å²) in [5.41, 5.74) is 5.34. The largest absolute Gasteiger partial charge is 0.480 e. The molecule has 0 fully saturated rings. The monoisotopic (exact) mass is 832 g/mol. The maximum absolute atomic E-state index is 12.6. The van der Waals surface area contributed by atoms with Crippen LogP contribution in [0, 0.1) is 0 Å². The summed E-state index contributed by atoms with van der Waals surface area (Å²) in [6.45, 7) is 2.82. The molecule has 0 aliphatic heterocycles. The molecule has 0 saturated carbocycles. The van der Waals surface area contributed by atoms with Crippen molar-refractivity contribution < 1.29 is 47.5 Å². The summed E-state index contributed by atoms with van der Waals surface area (Å²) in [5, 5.41) is 8.90. The number of nitrogens with two attached hydrogens (primary N) is 1. The highest BCUT2D eigenvalue weighted by Gasteiger charge is 2.28. The summed E-state index contributed by atoms with van der Waals surface area (Å²) in [6.07, 6.45) is 41.3. The summed E-state index contributed by atoms with van der Waals surface area (Å²) in [4.78, 5) is 46.0. The highest BCUT2D eigenvalue weighted by molar-refractivity contribution is 7.47. The highest BCUT2D eigenvalue weighted by atomic mass is 31.2. The van der Waals surface area contributed by atoms with E-state index in [2.05, 4.69) is 30.5 Å². The van der Waals surface area contributed by atoms with Crippen molar-refractivity contribution >= 4 is 25.7 Å². The van der Waals surface area contributed by atoms with Crippen molar-refractivity contribution in [3.63, 3.8) is 0 Å². The fourth-order valence-electron chi connectivity index (χ4n) is 6.59. The molecule has 0 radical (unpaired) electrons. The van der Waals surface area contributed by atoms with E-state index in [4.69, 9.17) is 24.8 Å². The second-order valence-electron chi connectivity index (χ2n) is 15.9. The molecule has 4 N–H and O–H groups in total. The normalized spacial score (nSPS) is 13.8. The van der Waals surface area contributed by atoms with Gasteiger partial charge in [0.15, 0.2) is 6.10 Å². The number of allylic oxidation sites excluding steroid dienone is 2. The van der Waals surface area contributed by atoms with Gasteiger partial charge in [-0.1, -0.05) is 187 Å². The molecule has 11 nitrogen and oxygen atoms in total. The smallest absolute Gasteiger partial charge is 0.472 e. The number of hydrogen-bond acceptors (Lipinski definition) is 9. The molecule has 0 bridgehead atoms. The lowest BCUT2D eigenvalue weighted by Gasteiger charge is -2.20. The third kappa shape index (κ3) is 40.8. The SMILES string of the molecule is CCCCCC/C=C/CCCCCCCCCC(=O)OC[C@H](COP(=O)(O)OC[C@H](N)C(=O)O)OC(=O)CCCCCCCCCCCCCCCCCCCC. The predicted molar refractivity (Wildman–Crippen MR) is 231 cm³/mol. The topological polar surface area (TPSA) is 172 Å². The molecule has 0 aliphatic rings. The molecule has 0 aromatic rings. The summed E-state index contributed by atoms with van der Waals surface area (Å²) in [5.74, 6) is -2.37. The summed E-state index contributed by atoms with van der Waals surface area (Å²) >= 11 is 0. The minimum absolute atomic E-state index is 0.166. The van der Waals surface area contributed by atoms with Crippen LogP contribution in [-0.2, 0) is 37.5 Å². The maximum Gasteiger partial charge on any atom is 0.472 e. The molecule has 57 heavy (non-hydrogen) atoms. The lowest BCUT2D eigenvalue weighted by Crippen LogP contribution is -2.34. The van der Waals surface area contributed by atoms with Crippen LogP contribution in [0.2, 0.25) is 0 Å². The molecule has 0 aromatic carbocycles. The number of unbranched alkanes of at least 4 members (excludes halogenated alkanes) is 28. The van der Waals surface area contributed by atoms with Crippen LogP contribution in [0.3, 0.4) is 0 Å². The van der Waals surface area contributed by atoms with Crippen LogP contribution in [0.15, 0.2) is 12.2 Å². The molecule has 0 heterocycles. The van der Waals surface area contributed by atoms with Crippen LogP contribution in [0.5, 0.6) is 0 Å². The zero-order chi connectivity index (χ0) is 42.1. The standard InChI is InChI=1S/C45H86NO10P/c1-3-5-7-9-11-13-15-17-19-20-21-23-25-27-29-31-33-35-37-44(48)56-41(39-54-57(51,52)55-40-42(46)45(49)50)38-53-43(47)36-34-32-30-28-26-24-22-18-16-14-12-10-8-6-4-2/h14,16,41-42H,3-13,15,17-40,46H2,1-2H3,(H,49,50)(H,51,52)/b16-14+/t41-,42+/m1/s1. The maximum atomic E-state index is 12.6. The van der Waals surface area contributed by atoms with Crippen molar-refractivity contribution in [1.29, 1.82) is 0 Å². The number of carboxylic acids is 1. The number of esters is 2. The Labute approximate surface area is 348 Å². The lowest BCUT2D eigenvalue weighted by atomic mass is 10.0. The Bertz CT molecular complexity index is 1030. The number of hydrogen-bond donors (Lipinski definition) is 3. The van der Waals surface area contributed by atoms with E-state index in [1.54, 1.807) is 0 Å². The van der Waals surface area contributed by atoms with E-state index in [-0.39, 0.29) is 19.4 Å². The summed E-state index contributed by atoms with van der Waals surface area (Å²) < 4.78 is 32.8. The Morgan fingerprint density at radius 2 is 0.877 bits per heavy atom. The van der Waals surface area contributed by atoms with Crippen molar-refractivity contribution in [2.75, 3.05) is 19.8 Å². The van der Waals surface area contributed by atoms with Gasteiger partial charge in [-0.25, -0.2) is 4.57 Å². The molecule has 0 aliphatic carbocycles. The second-order valence-corrected chi connectivity index (χ2v) is 17.3. The number of carboxylic acid groups (broad SMARTS) is 1. The number of phosphoric ester groups is 1. The Hall–Kier alpha value is -1.78. The van der Waals surface area contributed by atoms with Crippen LogP contribution in [-0.4, -0.2) is 59.9 Å². The molecular formula is C45H86NO10P. The molecule has 3 atom stereocenters. The Morgan fingerprint density at radius 1 is 0.526 bits per heavy atom. The third-order valence-corrected chi connectivity index (χ3v) is 11.2. The minimum atomic E-state index is -4.71. The van der Waals surface area contributed by atoms with Crippen LogP contribution in [0.25, 0.3) is 0 Å². The average Bonchev–Trinajstić information content (AvgIpc) is 3.19. The molecule has 0 amide bonds. The van der Waals surface area contributed by atoms with Crippen LogP contribution in [0.1, 0.15) is 226 Å². The molecule has 12 heteroatoms. The van der Waals surface area contributed by atoms with Crippen LogP contribution >= 0.6 is 7.82 Å². The first-order chi connectivity index (χ1) is 27.6. The molecule has 0 spiro atoms. The van der Waals surface area contributed by atoms with Gasteiger partial charge in [-0.05, 0) is 38.5 Å². The average molecular weight is 832 g/mol. The third-order valence-electron chi connectivity index (χ3n) is 10.3. The zero-order valence-corrected chi connectivity index (χ0v) is 37.3. The van der Waals surface area contributed by atoms with Crippen molar-refractivity contribution in [2.24, 2.45) is 5.73 Å². The van der Waals surface area contributed by atoms with Crippen LogP contribution in [0.4, 0.5) is 0 Å². The number of carbonyl (C=O) groups is 3. The van der Waals surface area contributed by atoms with Gasteiger partial charge < -0.3 is 25.2 Å². The Kier molecular flexibility index (Phi) is 39.7. The van der Waals surface area contributed by atoms with Gasteiger partial charge in [0, 0.05) is 12.8 Å². The Morgan fingerprint density at radius 3 is 1.30 bits per heavy atom. The molecular weight excluding hydrogens is 745 g/mol. The molecule has 336 valence electrons. The van der Waals surface area contributed by atoms with Crippen molar-refractivity contribution in [2.45, 2.75) is 238 Å². The van der Waals surface area contributed by atoms with E-state index in [1.807, 2.05) is 0 Å². The Balaban J connectivity index is 4.29. The van der Waals surface area contributed by atoms with E-state index < -0.39 is 51.1 Å². The first kappa shape index (κ1) is 55.2. The first-order valence-electron chi connectivity index (χ1n) is 23.2. The zero-order valence-electron chi connectivity index (χ0n) is 36.5. The van der Waals surface area contributed by atoms with Gasteiger partial charge in [-0.15, -0.1) is 0 Å². The van der Waals surface area contributed by atoms with Crippen molar-refractivity contribution in [3.8, 4) is 0 Å². The van der Waals surface area contributed by atoms with Crippen molar-refractivity contribution in [3.05, 3.63) is 12.2 Å². The fraction of sp³-hybridized carbons (Fsp3) is 0.889. The second kappa shape index (κ2) is 41.0. The van der Waals surface area contributed by atoms with Gasteiger partial charge in [0.25, 0.3) is 0 Å². The van der Waals surface area contributed by atoms with Gasteiger partial charge in [0.1, 0.15) is 12.6 Å². The van der Waals surface area contributed by atoms with Crippen LogP contribution < -0.4 is 5.73 Å². The minimum Gasteiger partial charge on any atom is -0.480 e. The van der Waals surface area contributed by atoms with Gasteiger partial charge in [0.2, 0.25) is 0 Å². The van der Waals surface area contributed by atoms with E-state index >= 15 is 0 Å². The predicted octanol–water partition coefficient (Wildman–Crippen LogP) is 12.5. The first-order valence-corrected chi connectivity index (χ1v) is 24.7. The summed E-state index contributed by atoms with van der Waals surface area (Å²) in [7, 11) is -4.71. The molecule has 0 rings (SSSR count). The van der Waals surface area contributed by atoms with Gasteiger partial charge in [0.05, 0.1) is 13.2 Å². The molecule has 1 unspecified atom stereocenters. The van der Waals surface area contributed by atoms with E-state index in [1.165, 1.54) is 141 Å². The molecule has 0 aromatic heterocycles. The fourth-order valence-corrected chi connectivity index (χ4v) is 7.37. The lowest BCUT2D eigenvalue weighted by molar-refractivity contribution is -0.161. The summed E-state index contributed by atoms with van der Waals surface area (Å²) in [6, 6.07) is -1.52. The number of rotatable bonds is 44. The van der Waals surface area contributed by atoms with Gasteiger partial charge >= 0.3 is 25.7 Å². The number of carbonyl (C=O) groups excluding carboxylic acids is 2. The quantitative estimate of drug-likeness (QED) is 0.0231. The van der Waals surface area contributed by atoms with E-state index in [0.717, 1.165) is 44.9 Å². The van der Waals surface area contributed by atoms with Gasteiger partial charge in [-0.3, -0.25) is 23.4 Å². The van der Waals surface area contributed by atoms with E-state index in [0.29, 0.717) is 12.8 Å². The number of aliphatic carboxylic acids is 1. The number of ether oxygens (including phenoxy) is 2.